The molecule has 0 amide bonds. The van der Waals surface area contributed by atoms with Crippen LogP contribution in [0.3, 0.4) is 0 Å². The monoisotopic (exact) mass is 256 g/mol. The van der Waals surface area contributed by atoms with Crippen LogP contribution in [0.15, 0.2) is 12.7 Å². The van der Waals surface area contributed by atoms with Crippen molar-refractivity contribution in [1.29, 1.82) is 0 Å². The summed E-state index contributed by atoms with van der Waals surface area (Å²) >= 11 is 0. The second kappa shape index (κ2) is 3.77. The van der Waals surface area contributed by atoms with Gasteiger partial charge in [-0.15, -0.1) is 6.58 Å². The van der Waals surface area contributed by atoms with Crippen LogP contribution < -0.4 is 0 Å². The van der Waals surface area contributed by atoms with Crippen molar-refractivity contribution in [3.05, 3.63) is 12.7 Å². The number of rotatable bonds is 1. The molecule has 0 aromatic carbocycles. The minimum Gasteiger partial charge on any atom is -0.342 e. The third-order valence-electron chi connectivity index (χ3n) is 3.42. The SMILES string of the molecule is C=C[C@@H]1OC2OC(C)(C)OC2[C@@H]2OC(C)(C)OC21. The van der Waals surface area contributed by atoms with Crippen molar-refractivity contribution in [1.82, 2.24) is 0 Å². The molecule has 5 nitrogen and oxygen atoms in total. The summed E-state index contributed by atoms with van der Waals surface area (Å²) in [6.45, 7) is 11.3. The van der Waals surface area contributed by atoms with E-state index in [4.69, 9.17) is 23.7 Å². The molecule has 3 saturated heterocycles. The number of fused-ring (bicyclic) bond motifs is 3. The molecule has 5 heteroatoms. The normalized spacial score (nSPS) is 48.6. The predicted molar refractivity (Wildman–Crippen MR) is 62.7 cm³/mol. The molecule has 3 aliphatic heterocycles. The van der Waals surface area contributed by atoms with E-state index >= 15 is 0 Å². The van der Waals surface area contributed by atoms with Crippen molar-refractivity contribution in [2.24, 2.45) is 0 Å². The van der Waals surface area contributed by atoms with Gasteiger partial charge in [0.2, 0.25) is 0 Å². The highest BCUT2D eigenvalue weighted by Gasteiger charge is 2.60. The van der Waals surface area contributed by atoms with Gasteiger partial charge in [-0.25, -0.2) is 0 Å². The number of ether oxygens (including phenoxy) is 5. The molecule has 102 valence electrons. The first-order valence-electron chi connectivity index (χ1n) is 6.31. The fourth-order valence-electron chi connectivity index (χ4n) is 2.83. The van der Waals surface area contributed by atoms with Crippen LogP contribution >= 0.6 is 0 Å². The zero-order valence-electron chi connectivity index (χ0n) is 11.2. The zero-order chi connectivity index (χ0) is 13.1. The fraction of sp³-hybridized carbons (Fsp3) is 0.846. The average molecular weight is 256 g/mol. The van der Waals surface area contributed by atoms with E-state index in [0.29, 0.717) is 0 Å². The summed E-state index contributed by atoms with van der Waals surface area (Å²) in [7, 11) is 0. The molecule has 0 radical (unpaired) electrons. The molecule has 3 fully saturated rings. The molecule has 3 heterocycles. The fourth-order valence-corrected chi connectivity index (χ4v) is 2.83. The van der Waals surface area contributed by atoms with Gasteiger partial charge in [0.25, 0.3) is 0 Å². The lowest BCUT2D eigenvalue weighted by molar-refractivity contribution is -0.222. The van der Waals surface area contributed by atoms with Crippen molar-refractivity contribution in [3.8, 4) is 0 Å². The highest BCUT2D eigenvalue weighted by atomic mass is 16.9. The lowest BCUT2D eigenvalue weighted by atomic mass is 9.99. The summed E-state index contributed by atoms with van der Waals surface area (Å²) in [5, 5.41) is 0. The topological polar surface area (TPSA) is 46.2 Å². The van der Waals surface area contributed by atoms with E-state index in [-0.39, 0.29) is 24.4 Å². The molecule has 3 aliphatic rings. The summed E-state index contributed by atoms with van der Waals surface area (Å²) in [5.74, 6) is -1.29. The Labute approximate surface area is 107 Å². The van der Waals surface area contributed by atoms with Crippen LogP contribution in [0.2, 0.25) is 0 Å². The van der Waals surface area contributed by atoms with E-state index in [9.17, 15) is 0 Å². The van der Waals surface area contributed by atoms with Crippen LogP contribution in [-0.4, -0.2) is 42.3 Å². The molecule has 3 rings (SSSR count). The first-order valence-corrected chi connectivity index (χ1v) is 6.31. The third-order valence-corrected chi connectivity index (χ3v) is 3.42. The lowest BCUT2D eigenvalue weighted by Crippen LogP contribution is -2.54. The minimum absolute atomic E-state index is 0.191. The van der Waals surface area contributed by atoms with E-state index in [1.165, 1.54) is 0 Å². The van der Waals surface area contributed by atoms with E-state index in [1.807, 2.05) is 27.7 Å². The quantitative estimate of drug-likeness (QED) is 0.666. The molecule has 5 atom stereocenters. The third kappa shape index (κ3) is 1.90. The van der Waals surface area contributed by atoms with Crippen LogP contribution in [0.25, 0.3) is 0 Å². The van der Waals surface area contributed by atoms with Crippen LogP contribution in [0.1, 0.15) is 27.7 Å². The maximum atomic E-state index is 5.94. The van der Waals surface area contributed by atoms with Crippen LogP contribution in [0, 0.1) is 0 Å². The van der Waals surface area contributed by atoms with E-state index < -0.39 is 17.9 Å². The standard InChI is InChI=1S/C13H20O5/c1-6-7-8-9(16-12(2,3)15-8)10-11(14-7)18-13(4,5)17-10/h6-11H,1H2,2-5H3/t7-,8?,9+,10?,11?/m0/s1. The Morgan fingerprint density at radius 3 is 2.06 bits per heavy atom. The molecular formula is C13H20O5. The molecular weight excluding hydrogens is 236 g/mol. The summed E-state index contributed by atoms with van der Waals surface area (Å²) in [4.78, 5) is 0. The Bertz CT molecular complexity index is 364. The summed E-state index contributed by atoms with van der Waals surface area (Å²) in [6.07, 6.45) is 0.410. The largest absolute Gasteiger partial charge is 0.342 e. The van der Waals surface area contributed by atoms with Gasteiger partial charge in [-0.1, -0.05) is 6.08 Å². The Kier molecular flexibility index (Phi) is 2.63. The Morgan fingerprint density at radius 2 is 1.39 bits per heavy atom. The summed E-state index contributed by atoms with van der Waals surface area (Å²) < 4.78 is 29.2. The smallest absolute Gasteiger partial charge is 0.190 e. The number of hydrogen-bond donors (Lipinski definition) is 0. The van der Waals surface area contributed by atoms with Gasteiger partial charge in [0.05, 0.1) is 0 Å². The van der Waals surface area contributed by atoms with E-state index in [1.54, 1.807) is 6.08 Å². The average Bonchev–Trinajstić information content (AvgIpc) is 2.71. The van der Waals surface area contributed by atoms with Gasteiger partial charge in [-0.3, -0.25) is 0 Å². The Balaban J connectivity index is 1.89. The van der Waals surface area contributed by atoms with Crippen LogP contribution in [0.4, 0.5) is 0 Å². The zero-order valence-corrected chi connectivity index (χ0v) is 11.2. The van der Waals surface area contributed by atoms with Crippen molar-refractivity contribution < 1.29 is 23.7 Å². The van der Waals surface area contributed by atoms with Gasteiger partial charge in [-0.2, -0.15) is 0 Å². The van der Waals surface area contributed by atoms with Crippen molar-refractivity contribution in [2.75, 3.05) is 0 Å². The maximum Gasteiger partial charge on any atom is 0.190 e. The first-order chi connectivity index (χ1) is 8.31. The van der Waals surface area contributed by atoms with Gasteiger partial charge < -0.3 is 23.7 Å². The van der Waals surface area contributed by atoms with Crippen LogP contribution in [0.5, 0.6) is 0 Å². The van der Waals surface area contributed by atoms with Gasteiger partial charge in [0, 0.05) is 0 Å². The van der Waals surface area contributed by atoms with Crippen molar-refractivity contribution in [3.63, 3.8) is 0 Å². The Morgan fingerprint density at radius 1 is 0.833 bits per heavy atom. The maximum absolute atomic E-state index is 5.94. The van der Waals surface area contributed by atoms with Crippen molar-refractivity contribution >= 4 is 0 Å². The molecule has 0 saturated carbocycles. The lowest BCUT2D eigenvalue weighted by Gasteiger charge is -2.35. The Hall–Kier alpha value is -0.460. The minimum atomic E-state index is -0.661. The summed E-state index contributed by atoms with van der Waals surface area (Å²) in [5.41, 5.74) is 0. The van der Waals surface area contributed by atoms with Gasteiger partial charge in [-0.05, 0) is 27.7 Å². The molecule has 18 heavy (non-hydrogen) atoms. The van der Waals surface area contributed by atoms with E-state index in [2.05, 4.69) is 6.58 Å². The summed E-state index contributed by atoms with van der Waals surface area (Å²) in [6, 6.07) is 0. The first kappa shape index (κ1) is 12.6. The molecule has 0 aromatic rings. The molecule has 0 aliphatic carbocycles. The highest BCUT2D eigenvalue weighted by molar-refractivity contribution is 5.04. The number of hydrogen-bond acceptors (Lipinski definition) is 5. The molecule has 0 spiro atoms. The highest BCUT2D eigenvalue weighted by Crippen LogP contribution is 2.44. The molecule has 0 N–H and O–H groups in total. The molecule has 0 aromatic heterocycles. The second-order valence-electron chi connectivity index (χ2n) is 5.87. The van der Waals surface area contributed by atoms with Gasteiger partial charge >= 0.3 is 0 Å². The van der Waals surface area contributed by atoms with Crippen LogP contribution in [-0.2, 0) is 23.7 Å². The van der Waals surface area contributed by atoms with Gasteiger partial charge in [0.15, 0.2) is 17.9 Å². The van der Waals surface area contributed by atoms with Crippen molar-refractivity contribution in [2.45, 2.75) is 70.0 Å². The van der Waals surface area contributed by atoms with E-state index in [0.717, 1.165) is 0 Å². The van der Waals surface area contributed by atoms with Gasteiger partial charge in [0.1, 0.15) is 24.4 Å². The molecule has 3 unspecified atom stereocenters. The predicted octanol–water partition coefficient (Wildman–Crippen LogP) is 1.57. The second-order valence-corrected chi connectivity index (χ2v) is 5.87. The molecule has 0 bridgehead atoms.